The van der Waals surface area contributed by atoms with Gasteiger partial charge in [-0.25, -0.2) is 8.42 Å². The molecule has 0 saturated carbocycles. The van der Waals surface area contributed by atoms with E-state index < -0.39 is 9.84 Å². The van der Waals surface area contributed by atoms with E-state index in [2.05, 4.69) is 22.0 Å². The molecule has 86 valence electrons. The van der Waals surface area contributed by atoms with Crippen molar-refractivity contribution in [3.63, 3.8) is 0 Å². The molecular formula is C12H13BrO2S. The minimum atomic E-state index is -2.83. The molecule has 1 aromatic rings. The zero-order valence-corrected chi connectivity index (χ0v) is 11.4. The fraction of sp³-hybridized carbons (Fsp3) is 0.333. The molecule has 2 nitrogen and oxygen atoms in total. The standard InChI is InChI=1S/C12H13BrO2S/c1-9-8-11(2-3-12(9)13)10-4-6-16(14,15)7-5-10/h2-4,8H,5-7H2,1H3. The smallest absolute Gasteiger partial charge is 0.154 e. The van der Waals surface area contributed by atoms with Gasteiger partial charge in [-0.3, -0.25) is 0 Å². The van der Waals surface area contributed by atoms with Crippen LogP contribution in [0.25, 0.3) is 5.57 Å². The van der Waals surface area contributed by atoms with E-state index in [0.717, 1.165) is 15.6 Å². The number of allylic oxidation sites excluding steroid dienone is 1. The Morgan fingerprint density at radius 3 is 2.62 bits per heavy atom. The Kier molecular flexibility index (Phi) is 3.22. The number of sulfone groups is 1. The molecule has 1 aliphatic rings. The van der Waals surface area contributed by atoms with E-state index in [1.54, 1.807) is 0 Å². The number of hydrogen-bond donors (Lipinski definition) is 0. The Balaban J connectivity index is 2.33. The average molecular weight is 301 g/mol. The minimum absolute atomic E-state index is 0.178. The molecule has 0 fully saturated rings. The first-order valence-electron chi connectivity index (χ1n) is 5.14. The van der Waals surface area contributed by atoms with Crippen LogP contribution in [0.15, 0.2) is 28.7 Å². The summed E-state index contributed by atoms with van der Waals surface area (Å²) in [6.45, 7) is 2.04. The molecule has 2 rings (SSSR count). The zero-order valence-electron chi connectivity index (χ0n) is 9.03. The van der Waals surface area contributed by atoms with Crippen molar-refractivity contribution < 1.29 is 8.42 Å². The summed E-state index contributed by atoms with van der Waals surface area (Å²) in [7, 11) is -2.83. The Labute approximate surface area is 104 Å². The number of rotatable bonds is 1. The number of hydrogen-bond acceptors (Lipinski definition) is 2. The lowest BCUT2D eigenvalue weighted by Crippen LogP contribution is -2.14. The van der Waals surface area contributed by atoms with E-state index in [9.17, 15) is 8.42 Å². The van der Waals surface area contributed by atoms with E-state index in [0.29, 0.717) is 6.42 Å². The van der Waals surface area contributed by atoms with Crippen molar-refractivity contribution in [2.75, 3.05) is 11.5 Å². The Morgan fingerprint density at radius 2 is 2.06 bits per heavy atom. The molecule has 0 bridgehead atoms. The third-order valence-corrected chi connectivity index (χ3v) is 5.19. The summed E-state index contributed by atoms with van der Waals surface area (Å²) in [6.07, 6.45) is 2.46. The number of aryl methyl sites for hydroxylation is 1. The van der Waals surface area contributed by atoms with Gasteiger partial charge in [-0.1, -0.05) is 34.1 Å². The van der Waals surface area contributed by atoms with Crippen LogP contribution >= 0.6 is 15.9 Å². The van der Waals surface area contributed by atoms with E-state index in [4.69, 9.17) is 0 Å². The first-order chi connectivity index (χ1) is 7.48. The van der Waals surface area contributed by atoms with Gasteiger partial charge >= 0.3 is 0 Å². The predicted octanol–water partition coefficient (Wildman–Crippen LogP) is 2.96. The second-order valence-corrected chi connectivity index (χ2v) is 7.14. The predicted molar refractivity (Wildman–Crippen MR) is 70.1 cm³/mol. The normalized spacial score (nSPS) is 19.2. The monoisotopic (exact) mass is 300 g/mol. The van der Waals surface area contributed by atoms with Crippen molar-refractivity contribution >= 4 is 31.3 Å². The van der Waals surface area contributed by atoms with Crippen LogP contribution in [-0.4, -0.2) is 19.9 Å². The van der Waals surface area contributed by atoms with Gasteiger partial charge in [0, 0.05) is 4.47 Å². The lowest BCUT2D eigenvalue weighted by Gasteiger charge is -2.14. The average Bonchev–Trinajstić information content (AvgIpc) is 2.22. The molecule has 0 saturated heterocycles. The minimum Gasteiger partial charge on any atom is -0.229 e. The van der Waals surface area contributed by atoms with Crippen molar-refractivity contribution in [1.29, 1.82) is 0 Å². The van der Waals surface area contributed by atoms with Gasteiger partial charge in [-0.2, -0.15) is 0 Å². The SMILES string of the molecule is Cc1cc(C2=CCS(=O)(=O)CC2)ccc1Br. The lowest BCUT2D eigenvalue weighted by atomic mass is 10.0. The highest BCUT2D eigenvalue weighted by Gasteiger charge is 2.17. The van der Waals surface area contributed by atoms with E-state index in [1.807, 2.05) is 25.1 Å². The molecule has 4 heteroatoms. The second-order valence-electron chi connectivity index (χ2n) is 4.06. The van der Waals surface area contributed by atoms with Crippen molar-refractivity contribution in [3.05, 3.63) is 39.9 Å². The van der Waals surface area contributed by atoms with Gasteiger partial charge in [0.15, 0.2) is 9.84 Å². The number of halogens is 1. The number of benzene rings is 1. The summed E-state index contributed by atoms with van der Waals surface area (Å²) in [4.78, 5) is 0. The fourth-order valence-electron chi connectivity index (χ4n) is 1.79. The molecule has 0 spiro atoms. The van der Waals surface area contributed by atoms with Crippen molar-refractivity contribution in [2.45, 2.75) is 13.3 Å². The van der Waals surface area contributed by atoms with E-state index >= 15 is 0 Å². The Hall–Kier alpha value is -0.610. The van der Waals surface area contributed by atoms with Gasteiger partial charge in [-0.15, -0.1) is 0 Å². The maximum Gasteiger partial charge on any atom is 0.154 e. The van der Waals surface area contributed by atoms with E-state index in [1.165, 1.54) is 5.56 Å². The maximum atomic E-state index is 11.3. The van der Waals surface area contributed by atoms with Gasteiger partial charge in [0.25, 0.3) is 0 Å². The van der Waals surface area contributed by atoms with Gasteiger partial charge < -0.3 is 0 Å². The summed E-state index contributed by atoms with van der Waals surface area (Å²) in [6, 6.07) is 6.13. The van der Waals surface area contributed by atoms with Crippen LogP contribution in [0.3, 0.4) is 0 Å². The molecule has 0 aliphatic carbocycles. The van der Waals surface area contributed by atoms with Crippen LogP contribution in [0.5, 0.6) is 0 Å². The van der Waals surface area contributed by atoms with Crippen LogP contribution in [-0.2, 0) is 9.84 Å². The topological polar surface area (TPSA) is 34.1 Å². The van der Waals surface area contributed by atoms with Crippen LogP contribution < -0.4 is 0 Å². The third kappa shape index (κ3) is 2.55. The highest BCUT2D eigenvalue weighted by molar-refractivity contribution is 9.10. The summed E-state index contributed by atoms with van der Waals surface area (Å²) < 4.78 is 23.7. The molecule has 1 heterocycles. The van der Waals surface area contributed by atoms with Crippen LogP contribution in [0.1, 0.15) is 17.5 Å². The molecule has 0 radical (unpaired) electrons. The summed E-state index contributed by atoms with van der Waals surface area (Å²) in [5.74, 6) is 0.450. The van der Waals surface area contributed by atoms with Crippen LogP contribution in [0.2, 0.25) is 0 Å². The Bertz CT molecular complexity index is 544. The van der Waals surface area contributed by atoms with Gasteiger partial charge in [0.1, 0.15) is 0 Å². The maximum absolute atomic E-state index is 11.3. The molecule has 0 aromatic heterocycles. The first kappa shape index (κ1) is 11.9. The lowest BCUT2D eigenvalue weighted by molar-refractivity contribution is 0.598. The molecule has 1 aromatic carbocycles. The Morgan fingerprint density at radius 1 is 1.31 bits per heavy atom. The van der Waals surface area contributed by atoms with Crippen molar-refractivity contribution in [2.24, 2.45) is 0 Å². The fourth-order valence-corrected chi connectivity index (χ4v) is 3.18. The van der Waals surface area contributed by atoms with Crippen molar-refractivity contribution in [3.8, 4) is 0 Å². The molecule has 1 aliphatic heterocycles. The van der Waals surface area contributed by atoms with Gasteiger partial charge in [0.05, 0.1) is 11.5 Å². The first-order valence-corrected chi connectivity index (χ1v) is 7.75. The highest BCUT2D eigenvalue weighted by Crippen LogP contribution is 2.26. The molecule has 0 unspecified atom stereocenters. The largest absolute Gasteiger partial charge is 0.229 e. The van der Waals surface area contributed by atoms with E-state index in [-0.39, 0.29) is 11.5 Å². The molecular weight excluding hydrogens is 288 g/mol. The summed E-state index contributed by atoms with van der Waals surface area (Å²) >= 11 is 3.46. The third-order valence-electron chi connectivity index (χ3n) is 2.79. The molecule has 0 amide bonds. The molecule has 16 heavy (non-hydrogen) atoms. The summed E-state index contributed by atoms with van der Waals surface area (Å²) in [5, 5.41) is 0. The van der Waals surface area contributed by atoms with Gasteiger partial charge in [0.2, 0.25) is 0 Å². The second kappa shape index (κ2) is 4.34. The molecule has 0 N–H and O–H groups in total. The highest BCUT2D eigenvalue weighted by atomic mass is 79.9. The van der Waals surface area contributed by atoms with Crippen LogP contribution in [0.4, 0.5) is 0 Å². The zero-order chi connectivity index (χ0) is 11.8. The van der Waals surface area contributed by atoms with Crippen LogP contribution in [0, 0.1) is 6.92 Å². The summed E-state index contributed by atoms with van der Waals surface area (Å²) in [5.41, 5.74) is 3.45. The van der Waals surface area contributed by atoms with Gasteiger partial charge in [-0.05, 0) is 36.1 Å². The van der Waals surface area contributed by atoms with Crippen molar-refractivity contribution in [1.82, 2.24) is 0 Å². The quantitative estimate of drug-likeness (QED) is 0.799. The molecule has 0 atom stereocenters.